The lowest BCUT2D eigenvalue weighted by molar-refractivity contribution is -0.134. The van der Waals surface area contributed by atoms with Crippen molar-refractivity contribution in [3.63, 3.8) is 0 Å². The summed E-state index contributed by atoms with van der Waals surface area (Å²) in [4.78, 5) is 15.0. The molecule has 1 N–H and O–H groups in total. The Morgan fingerprint density at radius 2 is 2.31 bits per heavy atom. The van der Waals surface area contributed by atoms with Gasteiger partial charge in [0.15, 0.2) is 0 Å². The van der Waals surface area contributed by atoms with Gasteiger partial charge in [-0.15, -0.1) is 0 Å². The van der Waals surface area contributed by atoms with E-state index in [1.807, 2.05) is 19.0 Å². The molecule has 16 heavy (non-hydrogen) atoms. The molecule has 92 valence electrons. The SMILES string of the molecule is COC(=O)C=CN1CC(O)CC1CN(C)C. The summed E-state index contributed by atoms with van der Waals surface area (Å²) in [6.07, 6.45) is 3.52. The second-order valence-corrected chi connectivity index (χ2v) is 4.34. The molecule has 5 nitrogen and oxygen atoms in total. The first-order chi connectivity index (χ1) is 7.52. The summed E-state index contributed by atoms with van der Waals surface area (Å²) in [5.41, 5.74) is 0. The van der Waals surface area contributed by atoms with Crippen LogP contribution in [0.3, 0.4) is 0 Å². The van der Waals surface area contributed by atoms with Gasteiger partial charge in [0.2, 0.25) is 0 Å². The molecule has 0 aromatic rings. The van der Waals surface area contributed by atoms with E-state index in [0.29, 0.717) is 6.54 Å². The van der Waals surface area contributed by atoms with E-state index in [1.54, 1.807) is 6.20 Å². The summed E-state index contributed by atoms with van der Waals surface area (Å²) in [6.45, 7) is 1.44. The number of aliphatic hydroxyl groups excluding tert-OH is 1. The molecule has 0 bridgehead atoms. The van der Waals surface area contributed by atoms with Gasteiger partial charge in [-0.2, -0.15) is 0 Å². The molecule has 1 saturated heterocycles. The zero-order valence-electron chi connectivity index (χ0n) is 10.1. The topological polar surface area (TPSA) is 53.0 Å². The molecular formula is C11H20N2O3. The van der Waals surface area contributed by atoms with Crippen LogP contribution in [-0.2, 0) is 9.53 Å². The summed E-state index contributed by atoms with van der Waals surface area (Å²) in [6, 6.07) is 0.255. The van der Waals surface area contributed by atoms with Gasteiger partial charge in [0.25, 0.3) is 0 Å². The lowest BCUT2D eigenvalue weighted by Gasteiger charge is -2.25. The van der Waals surface area contributed by atoms with Gasteiger partial charge < -0.3 is 19.6 Å². The number of carbonyl (C=O) groups excluding carboxylic acids is 1. The van der Waals surface area contributed by atoms with Crippen LogP contribution in [0.25, 0.3) is 0 Å². The van der Waals surface area contributed by atoms with Crippen molar-refractivity contribution in [3.8, 4) is 0 Å². The third-order valence-corrected chi connectivity index (χ3v) is 2.61. The maximum Gasteiger partial charge on any atom is 0.331 e. The van der Waals surface area contributed by atoms with Crippen LogP contribution in [0.15, 0.2) is 12.3 Å². The third-order valence-electron chi connectivity index (χ3n) is 2.61. The molecule has 0 radical (unpaired) electrons. The predicted octanol–water partition coefficient (Wildman–Crippen LogP) is -0.330. The molecule has 2 atom stereocenters. The minimum atomic E-state index is -0.370. The van der Waals surface area contributed by atoms with E-state index >= 15 is 0 Å². The van der Waals surface area contributed by atoms with Gasteiger partial charge >= 0.3 is 5.97 Å². The maximum atomic E-state index is 11.0. The number of ether oxygens (including phenoxy) is 1. The second-order valence-electron chi connectivity index (χ2n) is 4.34. The molecule has 1 heterocycles. The fraction of sp³-hybridized carbons (Fsp3) is 0.727. The molecule has 0 aromatic heterocycles. The van der Waals surface area contributed by atoms with E-state index in [0.717, 1.165) is 13.0 Å². The van der Waals surface area contributed by atoms with Gasteiger partial charge in [0.05, 0.1) is 13.2 Å². The number of nitrogens with zero attached hydrogens (tertiary/aromatic N) is 2. The highest BCUT2D eigenvalue weighted by molar-refractivity contribution is 5.81. The summed E-state index contributed by atoms with van der Waals surface area (Å²) in [7, 11) is 5.34. The molecule has 0 aliphatic carbocycles. The number of rotatable bonds is 4. The Bertz CT molecular complexity index is 266. The molecule has 0 spiro atoms. The van der Waals surface area contributed by atoms with Crippen LogP contribution in [0.2, 0.25) is 0 Å². The van der Waals surface area contributed by atoms with E-state index < -0.39 is 0 Å². The Hall–Kier alpha value is -1.07. The molecule has 1 aliphatic heterocycles. The Labute approximate surface area is 96.3 Å². The fourth-order valence-electron chi connectivity index (χ4n) is 1.92. The Balaban J connectivity index is 2.55. The van der Waals surface area contributed by atoms with E-state index in [4.69, 9.17) is 0 Å². The molecule has 5 heteroatoms. The molecular weight excluding hydrogens is 208 g/mol. The predicted molar refractivity (Wildman–Crippen MR) is 60.8 cm³/mol. The van der Waals surface area contributed by atoms with Gasteiger partial charge in [-0.25, -0.2) is 4.79 Å². The quantitative estimate of drug-likeness (QED) is 0.527. The minimum absolute atomic E-state index is 0.255. The zero-order chi connectivity index (χ0) is 12.1. The zero-order valence-corrected chi connectivity index (χ0v) is 10.1. The number of methoxy groups -OCH3 is 1. The Morgan fingerprint density at radius 1 is 1.62 bits per heavy atom. The molecule has 0 amide bonds. The highest BCUT2D eigenvalue weighted by Gasteiger charge is 2.28. The molecule has 1 rings (SSSR count). The van der Waals surface area contributed by atoms with Crippen molar-refractivity contribution in [3.05, 3.63) is 12.3 Å². The van der Waals surface area contributed by atoms with E-state index in [1.165, 1.54) is 13.2 Å². The fourth-order valence-corrected chi connectivity index (χ4v) is 1.92. The van der Waals surface area contributed by atoms with Crippen molar-refractivity contribution in [1.82, 2.24) is 9.80 Å². The lowest BCUT2D eigenvalue weighted by atomic mass is 10.2. The monoisotopic (exact) mass is 228 g/mol. The van der Waals surface area contributed by atoms with Crippen LogP contribution in [0.5, 0.6) is 0 Å². The van der Waals surface area contributed by atoms with Gasteiger partial charge in [0.1, 0.15) is 0 Å². The van der Waals surface area contributed by atoms with Crippen molar-refractivity contribution >= 4 is 5.97 Å². The van der Waals surface area contributed by atoms with Crippen molar-refractivity contribution in [2.45, 2.75) is 18.6 Å². The van der Waals surface area contributed by atoms with Gasteiger partial charge in [0, 0.05) is 31.4 Å². The summed E-state index contributed by atoms with van der Waals surface area (Å²) >= 11 is 0. The van der Waals surface area contributed by atoms with E-state index in [-0.39, 0.29) is 18.1 Å². The lowest BCUT2D eigenvalue weighted by Crippen LogP contribution is -2.34. The number of hydrogen-bond acceptors (Lipinski definition) is 5. The largest absolute Gasteiger partial charge is 0.466 e. The third kappa shape index (κ3) is 3.83. The number of esters is 1. The van der Waals surface area contributed by atoms with Gasteiger partial charge in [-0.1, -0.05) is 0 Å². The Morgan fingerprint density at radius 3 is 2.88 bits per heavy atom. The molecule has 0 saturated carbocycles. The van der Waals surface area contributed by atoms with Crippen molar-refractivity contribution < 1.29 is 14.6 Å². The van der Waals surface area contributed by atoms with E-state index in [9.17, 15) is 9.90 Å². The molecule has 1 fully saturated rings. The second kappa shape index (κ2) is 5.86. The van der Waals surface area contributed by atoms with Gasteiger partial charge in [-0.05, 0) is 20.5 Å². The average Bonchev–Trinajstić information content (AvgIpc) is 2.54. The standard InChI is InChI=1S/C11H20N2O3/c1-12(2)7-9-6-10(14)8-13(9)5-4-11(15)16-3/h4-5,9-10,14H,6-8H2,1-3H3. The number of hydrogen-bond donors (Lipinski definition) is 1. The molecule has 0 aromatic carbocycles. The summed E-state index contributed by atoms with van der Waals surface area (Å²) in [5.74, 6) is -0.370. The summed E-state index contributed by atoms with van der Waals surface area (Å²) < 4.78 is 4.53. The van der Waals surface area contributed by atoms with Crippen LogP contribution in [-0.4, -0.2) is 67.3 Å². The first kappa shape index (κ1) is 13.0. The van der Waals surface area contributed by atoms with Crippen LogP contribution in [0.1, 0.15) is 6.42 Å². The average molecular weight is 228 g/mol. The number of likely N-dealkylation sites (tertiary alicyclic amines) is 1. The van der Waals surface area contributed by atoms with Crippen LogP contribution >= 0.6 is 0 Å². The Kier molecular flexibility index (Phi) is 4.76. The number of β-amino-alcohol motifs (C(OH)–C–C–N with tert-alkyl or cyclic N) is 1. The first-order valence-electron chi connectivity index (χ1n) is 5.37. The van der Waals surface area contributed by atoms with Gasteiger partial charge in [-0.3, -0.25) is 0 Å². The number of likely N-dealkylation sites (N-methyl/N-ethyl adjacent to an activating group) is 1. The minimum Gasteiger partial charge on any atom is -0.466 e. The van der Waals surface area contributed by atoms with Crippen molar-refractivity contribution in [2.75, 3.05) is 34.3 Å². The van der Waals surface area contributed by atoms with Crippen molar-refractivity contribution in [1.29, 1.82) is 0 Å². The van der Waals surface area contributed by atoms with Crippen molar-refractivity contribution in [2.24, 2.45) is 0 Å². The molecule has 1 aliphatic rings. The van der Waals surface area contributed by atoms with Crippen LogP contribution in [0.4, 0.5) is 0 Å². The number of carbonyl (C=O) groups is 1. The van der Waals surface area contributed by atoms with Crippen LogP contribution < -0.4 is 0 Å². The molecule has 2 unspecified atom stereocenters. The van der Waals surface area contributed by atoms with Crippen LogP contribution in [0, 0.1) is 0 Å². The number of aliphatic hydroxyl groups is 1. The highest BCUT2D eigenvalue weighted by Crippen LogP contribution is 2.18. The maximum absolute atomic E-state index is 11.0. The summed E-state index contributed by atoms with van der Waals surface area (Å²) in [5, 5.41) is 9.60. The normalized spacial score (nSPS) is 25.7. The smallest absolute Gasteiger partial charge is 0.331 e. The van der Waals surface area contributed by atoms with E-state index in [2.05, 4.69) is 9.64 Å². The first-order valence-corrected chi connectivity index (χ1v) is 5.37. The highest BCUT2D eigenvalue weighted by atomic mass is 16.5.